The Morgan fingerprint density at radius 3 is 2.93 bits per heavy atom. The lowest BCUT2D eigenvalue weighted by Gasteiger charge is -2.38. The first-order valence-corrected chi connectivity index (χ1v) is 10.1. The van der Waals surface area contributed by atoms with E-state index < -0.39 is 0 Å². The molecule has 2 aromatic rings. The van der Waals surface area contributed by atoms with E-state index >= 15 is 0 Å². The van der Waals surface area contributed by atoms with Crippen molar-refractivity contribution in [2.24, 2.45) is 0 Å². The number of hydrogen-bond donors (Lipinski definition) is 2. The van der Waals surface area contributed by atoms with E-state index in [0.29, 0.717) is 31.3 Å². The zero-order valence-electron chi connectivity index (χ0n) is 14.8. The Hall–Kier alpha value is -2.62. The summed E-state index contributed by atoms with van der Waals surface area (Å²) < 4.78 is 1.84. The van der Waals surface area contributed by atoms with Crippen molar-refractivity contribution in [3.05, 3.63) is 23.0 Å². The van der Waals surface area contributed by atoms with Crippen LogP contribution < -0.4 is 15.5 Å². The van der Waals surface area contributed by atoms with E-state index in [1.54, 1.807) is 27.3 Å². The summed E-state index contributed by atoms with van der Waals surface area (Å²) in [6.45, 7) is 2.51. The highest BCUT2D eigenvalue weighted by Crippen LogP contribution is 2.30. The molecule has 27 heavy (non-hydrogen) atoms. The number of fused-ring (bicyclic) bond motifs is 1. The lowest BCUT2D eigenvalue weighted by molar-refractivity contribution is 0.128. The second kappa shape index (κ2) is 6.52. The van der Waals surface area contributed by atoms with Gasteiger partial charge in [0.1, 0.15) is 0 Å². The zero-order chi connectivity index (χ0) is 18.4. The van der Waals surface area contributed by atoms with Gasteiger partial charge in [0.05, 0.1) is 23.6 Å². The molecule has 4 amide bonds. The highest BCUT2D eigenvalue weighted by Gasteiger charge is 2.34. The van der Waals surface area contributed by atoms with E-state index in [9.17, 15) is 9.59 Å². The molecule has 5 rings (SSSR count). The number of aryl methyl sites for hydroxylation is 2. The SMILES string of the molecule is O=C(Nc1nc2c(s1)CCCC2)N1CC(n2cc(N3CCNC3=O)cn2)C1. The highest BCUT2D eigenvalue weighted by molar-refractivity contribution is 7.15. The molecular formula is C17H21N7O2S. The van der Waals surface area contributed by atoms with E-state index in [1.807, 2.05) is 10.9 Å². The third-order valence-corrected chi connectivity index (χ3v) is 6.41. The number of nitrogens with one attached hydrogen (secondary N) is 2. The molecule has 0 saturated carbocycles. The fourth-order valence-electron chi connectivity index (χ4n) is 3.75. The number of carbonyl (C=O) groups excluding carboxylic acids is 2. The molecule has 0 radical (unpaired) electrons. The lowest BCUT2D eigenvalue weighted by atomic mass is 10.0. The smallest absolute Gasteiger partial charge is 0.323 e. The first-order valence-electron chi connectivity index (χ1n) is 9.31. The van der Waals surface area contributed by atoms with Crippen LogP contribution in [-0.4, -0.2) is 57.9 Å². The number of hydrogen-bond acceptors (Lipinski definition) is 5. The van der Waals surface area contributed by atoms with Crippen molar-refractivity contribution < 1.29 is 9.59 Å². The van der Waals surface area contributed by atoms with E-state index in [2.05, 4.69) is 20.7 Å². The van der Waals surface area contributed by atoms with Gasteiger partial charge >= 0.3 is 12.1 Å². The minimum atomic E-state index is -0.108. The summed E-state index contributed by atoms with van der Waals surface area (Å²) in [4.78, 5) is 33.5. The molecule has 0 bridgehead atoms. The van der Waals surface area contributed by atoms with E-state index in [-0.39, 0.29) is 18.1 Å². The van der Waals surface area contributed by atoms with Gasteiger partial charge in [-0.1, -0.05) is 0 Å². The molecule has 2 saturated heterocycles. The summed E-state index contributed by atoms with van der Waals surface area (Å²) in [5, 5.41) is 10.8. The van der Waals surface area contributed by atoms with E-state index in [4.69, 9.17) is 0 Å². The minimum Gasteiger partial charge on any atom is -0.336 e. The molecule has 2 aliphatic heterocycles. The predicted molar refractivity (Wildman–Crippen MR) is 101 cm³/mol. The largest absolute Gasteiger partial charge is 0.336 e. The van der Waals surface area contributed by atoms with Crippen LogP contribution >= 0.6 is 11.3 Å². The Bertz CT molecular complexity index is 862. The Balaban J connectivity index is 1.17. The zero-order valence-corrected chi connectivity index (χ0v) is 15.7. The third kappa shape index (κ3) is 3.03. The summed E-state index contributed by atoms with van der Waals surface area (Å²) in [7, 11) is 0. The van der Waals surface area contributed by atoms with Crippen LogP contribution in [-0.2, 0) is 12.8 Å². The van der Waals surface area contributed by atoms with Gasteiger partial charge in [0.15, 0.2) is 5.13 Å². The molecule has 0 unspecified atom stereocenters. The van der Waals surface area contributed by atoms with Crippen LogP contribution in [0.2, 0.25) is 0 Å². The Morgan fingerprint density at radius 2 is 2.15 bits per heavy atom. The maximum absolute atomic E-state index is 12.4. The van der Waals surface area contributed by atoms with Gasteiger partial charge in [0.2, 0.25) is 0 Å². The van der Waals surface area contributed by atoms with Crippen molar-refractivity contribution in [3.8, 4) is 0 Å². The summed E-state index contributed by atoms with van der Waals surface area (Å²) >= 11 is 1.60. The average Bonchev–Trinajstić information content (AvgIpc) is 3.32. The maximum atomic E-state index is 12.4. The first kappa shape index (κ1) is 16.5. The van der Waals surface area contributed by atoms with Crippen LogP contribution in [0.15, 0.2) is 12.4 Å². The molecule has 3 aliphatic rings. The molecule has 0 aromatic carbocycles. The highest BCUT2D eigenvalue weighted by atomic mass is 32.1. The number of likely N-dealkylation sites (tertiary alicyclic amines) is 1. The molecule has 0 atom stereocenters. The molecule has 4 heterocycles. The standard InChI is InChI=1S/C17H21N7O2S/c25-16-18-5-6-23(16)11-7-19-24(10-11)12-8-22(9-12)17(26)21-15-20-13-3-1-2-4-14(13)27-15/h7,10,12H,1-6,8-9H2,(H,18,25)(H,20,21,26). The van der Waals surface area contributed by atoms with Gasteiger partial charge in [-0.2, -0.15) is 5.10 Å². The number of amides is 4. The number of carbonyl (C=O) groups is 2. The first-order chi connectivity index (χ1) is 13.2. The van der Waals surface area contributed by atoms with Gasteiger partial charge in [-0.3, -0.25) is 14.9 Å². The lowest BCUT2D eigenvalue weighted by Crippen LogP contribution is -2.52. The molecule has 2 N–H and O–H groups in total. The number of anilines is 2. The summed E-state index contributed by atoms with van der Waals surface area (Å²) in [6, 6.07) is -0.0568. The molecule has 2 aromatic heterocycles. The molecule has 9 nitrogen and oxygen atoms in total. The Labute approximate surface area is 160 Å². The van der Waals surface area contributed by atoms with E-state index in [0.717, 1.165) is 24.2 Å². The van der Waals surface area contributed by atoms with Gasteiger partial charge in [0, 0.05) is 37.3 Å². The third-order valence-electron chi connectivity index (χ3n) is 5.34. The normalized spacial score (nSPS) is 19.6. The number of thiazole rings is 1. The second-order valence-corrected chi connectivity index (χ2v) is 8.23. The second-order valence-electron chi connectivity index (χ2n) is 7.15. The minimum absolute atomic E-state index is 0.0877. The number of rotatable bonds is 3. The van der Waals surface area contributed by atoms with Crippen molar-refractivity contribution in [2.45, 2.75) is 31.7 Å². The Morgan fingerprint density at radius 1 is 1.30 bits per heavy atom. The topological polar surface area (TPSA) is 95.4 Å². The predicted octanol–water partition coefficient (Wildman–Crippen LogP) is 1.84. The van der Waals surface area contributed by atoms with Crippen LogP contribution in [0.3, 0.4) is 0 Å². The van der Waals surface area contributed by atoms with Gasteiger partial charge in [-0.05, 0) is 25.7 Å². The van der Waals surface area contributed by atoms with Crippen molar-refractivity contribution in [1.82, 2.24) is 25.0 Å². The summed E-state index contributed by atoms with van der Waals surface area (Å²) in [5.41, 5.74) is 1.94. The molecule has 2 fully saturated rings. The fraction of sp³-hybridized carbons (Fsp3) is 0.529. The fourth-order valence-corrected chi connectivity index (χ4v) is 4.79. The monoisotopic (exact) mass is 387 g/mol. The maximum Gasteiger partial charge on any atom is 0.323 e. The van der Waals surface area contributed by atoms with Crippen molar-refractivity contribution in [1.29, 1.82) is 0 Å². The quantitative estimate of drug-likeness (QED) is 0.840. The van der Waals surface area contributed by atoms with Crippen LogP contribution in [0.1, 0.15) is 29.5 Å². The van der Waals surface area contributed by atoms with Gasteiger partial charge in [0.25, 0.3) is 0 Å². The average molecular weight is 387 g/mol. The number of urea groups is 2. The molecular weight excluding hydrogens is 366 g/mol. The van der Waals surface area contributed by atoms with Gasteiger partial charge < -0.3 is 10.2 Å². The van der Waals surface area contributed by atoms with Crippen LogP contribution in [0.25, 0.3) is 0 Å². The molecule has 1 aliphatic carbocycles. The van der Waals surface area contributed by atoms with Crippen molar-refractivity contribution in [3.63, 3.8) is 0 Å². The van der Waals surface area contributed by atoms with E-state index in [1.165, 1.54) is 17.7 Å². The van der Waals surface area contributed by atoms with Gasteiger partial charge in [-0.15, -0.1) is 11.3 Å². The van der Waals surface area contributed by atoms with Gasteiger partial charge in [-0.25, -0.2) is 14.6 Å². The molecule has 0 spiro atoms. The van der Waals surface area contributed by atoms with Crippen molar-refractivity contribution >= 4 is 34.2 Å². The van der Waals surface area contributed by atoms with Crippen LogP contribution in [0, 0.1) is 0 Å². The summed E-state index contributed by atoms with van der Waals surface area (Å²) in [5.74, 6) is 0. The van der Waals surface area contributed by atoms with Crippen LogP contribution in [0.4, 0.5) is 20.4 Å². The Kier molecular flexibility index (Phi) is 4.00. The molecule has 142 valence electrons. The van der Waals surface area contributed by atoms with Crippen LogP contribution in [0.5, 0.6) is 0 Å². The number of aromatic nitrogens is 3. The molecule has 10 heteroatoms. The number of nitrogens with zero attached hydrogens (tertiary/aromatic N) is 5. The van der Waals surface area contributed by atoms with Crippen molar-refractivity contribution in [2.75, 3.05) is 36.4 Å². The summed E-state index contributed by atoms with van der Waals surface area (Å²) in [6.07, 6.45) is 8.06.